The summed E-state index contributed by atoms with van der Waals surface area (Å²) in [5.41, 5.74) is 1.09. The minimum atomic E-state index is -0.938. The van der Waals surface area contributed by atoms with Crippen LogP contribution in [0.1, 0.15) is 18.4 Å². The van der Waals surface area contributed by atoms with Crippen LogP contribution in [0.4, 0.5) is 0 Å². The number of aliphatic carboxylic acids is 1. The number of benzene rings is 1. The average Bonchev–Trinajstić information content (AvgIpc) is 2.70. The number of nitrogens with zero attached hydrogens (tertiary/aromatic N) is 1. The van der Waals surface area contributed by atoms with E-state index in [1.54, 1.807) is 0 Å². The second-order valence-corrected chi connectivity index (χ2v) is 5.51. The highest BCUT2D eigenvalue weighted by Gasteiger charge is 2.35. The first-order valence-corrected chi connectivity index (χ1v) is 6.84. The Balaban J connectivity index is 2.01. The van der Waals surface area contributed by atoms with Gasteiger partial charge in [-0.05, 0) is 18.4 Å². The van der Waals surface area contributed by atoms with Crippen LogP contribution in [-0.4, -0.2) is 39.7 Å². The average molecular weight is 279 g/mol. The van der Waals surface area contributed by atoms with Crippen LogP contribution >= 0.6 is 12.6 Å². The van der Waals surface area contributed by atoms with E-state index in [4.69, 9.17) is 0 Å². The van der Waals surface area contributed by atoms with Crippen LogP contribution in [0.5, 0.6) is 0 Å². The Hall–Kier alpha value is -1.49. The maximum Gasteiger partial charge on any atom is 0.326 e. The van der Waals surface area contributed by atoms with E-state index < -0.39 is 12.0 Å². The van der Waals surface area contributed by atoms with E-state index in [1.807, 2.05) is 30.3 Å². The molecule has 1 aliphatic rings. The van der Waals surface area contributed by atoms with Gasteiger partial charge in [-0.25, -0.2) is 4.79 Å². The Labute approximate surface area is 117 Å². The molecule has 0 aliphatic carbocycles. The molecule has 2 unspecified atom stereocenters. The number of carboxylic acid groups (broad SMARTS) is 1. The molecule has 1 aromatic carbocycles. The summed E-state index contributed by atoms with van der Waals surface area (Å²) in [6.07, 6.45) is 1.42. The molecule has 0 radical (unpaired) electrons. The van der Waals surface area contributed by atoms with Crippen LogP contribution in [-0.2, 0) is 16.0 Å². The van der Waals surface area contributed by atoms with E-state index >= 15 is 0 Å². The van der Waals surface area contributed by atoms with Crippen molar-refractivity contribution in [1.82, 2.24) is 4.90 Å². The highest BCUT2D eigenvalue weighted by atomic mass is 32.1. The summed E-state index contributed by atoms with van der Waals surface area (Å²) in [6.45, 7) is 0.424. The highest BCUT2D eigenvalue weighted by molar-refractivity contribution is 7.81. The summed E-state index contributed by atoms with van der Waals surface area (Å²) in [5.74, 6) is -1.05. The van der Waals surface area contributed by atoms with Crippen molar-refractivity contribution in [2.75, 3.05) is 6.54 Å². The number of likely N-dealkylation sites (tertiary alicyclic amines) is 1. The topological polar surface area (TPSA) is 57.6 Å². The predicted molar refractivity (Wildman–Crippen MR) is 75.3 cm³/mol. The molecular formula is C14H17NO3S. The van der Waals surface area contributed by atoms with Gasteiger partial charge in [-0.3, -0.25) is 4.79 Å². The molecule has 1 amide bonds. The zero-order chi connectivity index (χ0) is 13.8. The number of hydrogen-bond donors (Lipinski definition) is 2. The lowest BCUT2D eigenvalue weighted by Crippen LogP contribution is -2.42. The van der Waals surface area contributed by atoms with E-state index in [0.717, 1.165) is 5.56 Å². The summed E-state index contributed by atoms with van der Waals surface area (Å²) >= 11 is 4.26. The standard InChI is InChI=1S/C14H17NO3S/c16-13-8-11(19)9-15(13)12(14(17)18)7-6-10-4-2-1-3-5-10/h1-5,11-12,19H,6-9H2,(H,17,18). The van der Waals surface area contributed by atoms with Crippen LogP contribution < -0.4 is 0 Å². The molecule has 0 saturated carbocycles. The lowest BCUT2D eigenvalue weighted by atomic mass is 10.0. The molecule has 102 valence electrons. The monoisotopic (exact) mass is 279 g/mol. The van der Waals surface area contributed by atoms with E-state index in [1.165, 1.54) is 4.90 Å². The van der Waals surface area contributed by atoms with Crippen molar-refractivity contribution in [1.29, 1.82) is 0 Å². The van der Waals surface area contributed by atoms with Crippen LogP contribution in [0.15, 0.2) is 30.3 Å². The Kier molecular flexibility index (Phi) is 4.47. The minimum absolute atomic E-state index is 0.0499. The van der Waals surface area contributed by atoms with Gasteiger partial charge in [0.15, 0.2) is 0 Å². The molecular weight excluding hydrogens is 262 g/mol. The van der Waals surface area contributed by atoms with Crippen LogP contribution in [0.3, 0.4) is 0 Å². The molecule has 2 rings (SSSR count). The number of rotatable bonds is 5. The van der Waals surface area contributed by atoms with E-state index in [0.29, 0.717) is 25.8 Å². The maximum atomic E-state index is 11.8. The Morgan fingerprint density at radius 3 is 2.63 bits per heavy atom. The zero-order valence-corrected chi connectivity index (χ0v) is 11.4. The van der Waals surface area contributed by atoms with Crippen molar-refractivity contribution in [2.45, 2.75) is 30.6 Å². The van der Waals surface area contributed by atoms with Gasteiger partial charge in [0.1, 0.15) is 6.04 Å². The number of carboxylic acids is 1. The lowest BCUT2D eigenvalue weighted by molar-refractivity contribution is -0.148. The number of thiol groups is 1. The quantitative estimate of drug-likeness (QED) is 0.805. The molecule has 0 aromatic heterocycles. The second kappa shape index (κ2) is 6.10. The summed E-state index contributed by atoms with van der Waals surface area (Å²) < 4.78 is 0. The number of carbonyl (C=O) groups is 2. The normalized spacial score (nSPS) is 20.6. The number of carbonyl (C=O) groups excluding carboxylic acids is 1. The highest BCUT2D eigenvalue weighted by Crippen LogP contribution is 2.21. The van der Waals surface area contributed by atoms with Gasteiger partial charge in [0, 0.05) is 18.2 Å². The van der Waals surface area contributed by atoms with E-state index in [9.17, 15) is 14.7 Å². The molecule has 1 aromatic rings. The minimum Gasteiger partial charge on any atom is -0.480 e. The van der Waals surface area contributed by atoms with Crippen LogP contribution in [0.2, 0.25) is 0 Å². The van der Waals surface area contributed by atoms with Crippen LogP contribution in [0.25, 0.3) is 0 Å². The van der Waals surface area contributed by atoms with Crippen molar-refractivity contribution in [3.63, 3.8) is 0 Å². The van der Waals surface area contributed by atoms with Crippen molar-refractivity contribution in [2.24, 2.45) is 0 Å². The van der Waals surface area contributed by atoms with Crippen molar-refractivity contribution in [3.05, 3.63) is 35.9 Å². The lowest BCUT2D eigenvalue weighted by Gasteiger charge is -2.24. The summed E-state index contributed by atoms with van der Waals surface area (Å²) in [5, 5.41) is 9.25. The van der Waals surface area contributed by atoms with Gasteiger partial charge in [-0.1, -0.05) is 30.3 Å². The SMILES string of the molecule is O=C(O)C(CCc1ccccc1)N1CC(S)CC1=O. The smallest absolute Gasteiger partial charge is 0.326 e. The zero-order valence-electron chi connectivity index (χ0n) is 10.5. The molecule has 1 heterocycles. The van der Waals surface area contributed by atoms with Crippen LogP contribution in [0, 0.1) is 0 Å². The molecule has 19 heavy (non-hydrogen) atoms. The van der Waals surface area contributed by atoms with Gasteiger partial charge in [0.25, 0.3) is 0 Å². The molecule has 1 saturated heterocycles. The number of amides is 1. The first-order chi connectivity index (χ1) is 9.08. The fourth-order valence-corrected chi connectivity index (χ4v) is 2.71. The van der Waals surface area contributed by atoms with Crippen molar-refractivity contribution in [3.8, 4) is 0 Å². The Morgan fingerprint density at radius 1 is 1.42 bits per heavy atom. The van der Waals surface area contributed by atoms with Crippen molar-refractivity contribution < 1.29 is 14.7 Å². The van der Waals surface area contributed by atoms with Gasteiger partial charge in [0.2, 0.25) is 5.91 Å². The summed E-state index contributed by atoms with van der Waals surface area (Å²) in [6, 6.07) is 8.96. The first-order valence-electron chi connectivity index (χ1n) is 6.32. The Bertz CT molecular complexity index is 463. The number of aryl methyl sites for hydroxylation is 1. The van der Waals surface area contributed by atoms with Crippen molar-refractivity contribution >= 4 is 24.5 Å². The first kappa shape index (κ1) is 13.9. The molecule has 5 heteroatoms. The van der Waals surface area contributed by atoms with E-state index in [-0.39, 0.29) is 11.2 Å². The van der Waals surface area contributed by atoms with E-state index in [2.05, 4.69) is 12.6 Å². The van der Waals surface area contributed by atoms with Gasteiger partial charge >= 0.3 is 5.97 Å². The molecule has 1 N–H and O–H groups in total. The molecule has 1 fully saturated rings. The fraction of sp³-hybridized carbons (Fsp3) is 0.429. The molecule has 0 spiro atoms. The summed E-state index contributed by atoms with van der Waals surface area (Å²) in [7, 11) is 0. The molecule has 2 atom stereocenters. The molecule has 0 bridgehead atoms. The largest absolute Gasteiger partial charge is 0.480 e. The Morgan fingerprint density at radius 2 is 2.11 bits per heavy atom. The molecule has 4 nitrogen and oxygen atoms in total. The van der Waals surface area contributed by atoms with Gasteiger partial charge in [-0.2, -0.15) is 12.6 Å². The third-order valence-electron chi connectivity index (χ3n) is 3.35. The third-order valence-corrected chi connectivity index (χ3v) is 3.69. The van der Waals surface area contributed by atoms with Gasteiger partial charge in [-0.15, -0.1) is 0 Å². The maximum absolute atomic E-state index is 11.8. The third kappa shape index (κ3) is 3.50. The predicted octanol–water partition coefficient (Wildman–Crippen LogP) is 1.60. The van der Waals surface area contributed by atoms with Gasteiger partial charge in [0.05, 0.1) is 0 Å². The van der Waals surface area contributed by atoms with Gasteiger partial charge < -0.3 is 10.0 Å². The summed E-state index contributed by atoms with van der Waals surface area (Å²) in [4.78, 5) is 24.5. The second-order valence-electron chi connectivity index (χ2n) is 4.78. The number of hydrogen-bond acceptors (Lipinski definition) is 3. The molecule has 1 aliphatic heterocycles. The fourth-order valence-electron chi connectivity index (χ4n) is 2.37.